The van der Waals surface area contributed by atoms with Crippen molar-refractivity contribution in [3.05, 3.63) is 71.3 Å². The molecule has 2 rings (SSSR count). The fourth-order valence-electron chi connectivity index (χ4n) is 3.14. The molecule has 0 aliphatic carbocycles. The number of carboxylic acids is 1. The smallest absolute Gasteiger partial charge is 0.310 e. The molecule has 0 radical (unpaired) electrons. The standard InChI is InChI=1S/C16H14O3.C12H27N5/c1-11(16(18)19)13-8-5-9-14(10-13)15(17)12-6-3-2-4-7-12;1-9(2)13-11(14-10(3)4)15-12(16(5)6)17(7)8/h2-11H,1H3,(H,18,19);9-10H,1-8H3,(H,13,14). The van der Waals surface area contributed by atoms with E-state index in [2.05, 4.69) is 29.1 Å². The molecule has 0 fully saturated rings. The third kappa shape index (κ3) is 10.3. The summed E-state index contributed by atoms with van der Waals surface area (Å²) in [6.07, 6.45) is 0. The molecule has 0 spiro atoms. The Balaban J connectivity index is 0.000000363. The van der Waals surface area contributed by atoms with Gasteiger partial charge in [0, 0.05) is 51.4 Å². The number of nitrogens with zero attached hydrogens (tertiary/aromatic N) is 4. The van der Waals surface area contributed by atoms with E-state index in [1.165, 1.54) is 0 Å². The minimum Gasteiger partial charge on any atom is -0.481 e. The van der Waals surface area contributed by atoms with Crippen LogP contribution < -0.4 is 5.32 Å². The van der Waals surface area contributed by atoms with Crippen LogP contribution in [0, 0.1) is 0 Å². The van der Waals surface area contributed by atoms with Crippen molar-refractivity contribution in [2.24, 2.45) is 9.98 Å². The van der Waals surface area contributed by atoms with E-state index < -0.39 is 11.9 Å². The number of guanidine groups is 2. The van der Waals surface area contributed by atoms with Crippen LogP contribution in [0.1, 0.15) is 62.0 Å². The lowest BCUT2D eigenvalue weighted by Crippen LogP contribution is -2.39. The van der Waals surface area contributed by atoms with Crippen molar-refractivity contribution in [1.29, 1.82) is 0 Å². The number of nitrogens with one attached hydrogen (secondary N) is 1. The molecule has 8 nitrogen and oxygen atoms in total. The summed E-state index contributed by atoms with van der Waals surface area (Å²) in [6.45, 7) is 9.85. The molecule has 1 atom stereocenters. The predicted octanol–water partition coefficient (Wildman–Crippen LogP) is 4.33. The highest BCUT2D eigenvalue weighted by Gasteiger charge is 2.16. The molecule has 0 aliphatic rings. The molecule has 0 saturated heterocycles. The van der Waals surface area contributed by atoms with Gasteiger partial charge >= 0.3 is 5.97 Å². The molecule has 0 amide bonds. The van der Waals surface area contributed by atoms with Gasteiger partial charge < -0.3 is 20.2 Å². The van der Waals surface area contributed by atoms with Gasteiger partial charge in [0.25, 0.3) is 0 Å². The SMILES string of the molecule is CC(C(=O)O)c1cccc(C(=O)c2ccccc2)c1.CC(C)/N=C(\N=C(N(C)C)N(C)C)NC(C)C. The zero-order chi connectivity index (χ0) is 27.4. The van der Waals surface area contributed by atoms with Crippen LogP contribution in [0.5, 0.6) is 0 Å². The number of carbonyl (C=O) groups excluding carboxylic acids is 1. The molecule has 0 heterocycles. The van der Waals surface area contributed by atoms with Gasteiger partial charge in [-0.25, -0.2) is 4.99 Å². The molecule has 0 bridgehead atoms. The van der Waals surface area contributed by atoms with Gasteiger partial charge in [0.2, 0.25) is 11.9 Å². The summed E-state index contributed by atoms with van der Waals surface area (Å²) >= 11 is 0. The molecule has 0 saturated carbocycles. The van der Waals surface area contributed by atoms with Crippen LogP contribution >= 0.6 is 0 Å². The lowest BCUT2D eigenvalue weighted by molar-refractivity contribution is -0.138. The number of aliphatic carboxylic acids is 1. The van der Waals surface area contributed by atoms with E-state index in [0.717, 1.165) is 5.96 Å². The highest BCUT2D eigenvalue weighted by Crippen LogP contribution is 2.18. The number of aliphatic imine (C=N–C) groups is 2. The summed E-state index contributed by atoms with van der Waals surface area (Å²) in [6, 6.07) is 16.3. The van der Waals surface area contributed by atoms with Gasteiger partial charge in [0.15, 0.2) is 5.78 Å². The summed E-state index contributed by atoms with van der Waals surface area (Å²) < 4.78 is 0. The zero-order valence-corrected chi connectivity index (χ0v) is 23.0. The molecule has 8 heteroatoms. The van der Waals surface area contributed by atoms with E-state index in [1.54, 1.807) is 55.5 Å². The minimum atomic E-state index is -0.899. The Morgan fingerprint density at radius 2 is 1.39 bits per heavy atom. The second-order valence-corrected chi connectivity index (χ2v) is 9.43. The maximum Gasteiger partial charge on any atom is 0.310 e. The van der Waals surface area contributed by atoms with Crippen molar-refractivity contribution in [3.63, 3.8) is 0 Å². The maximum atomic E-state index is 12.2. The van der Waals surface area contributed by atoms with E-state index >= 15 is 0 Å². The molecule has 2 N–H and O–H groups in total. The highest BCUT2D eigenvalue weighted by atomic mass is 16.4. The quantitative estimate of drug-likeness (QED) is 0.352. The van der Waals surface area contributed by atoms with Gasteiger partial charge in [-0.15, -0.1) is 0 Å². The number of ketones is 1. The van der Waals surface area contributed by atoms with E-state index in [4.69, 9.17) is 5.11 Å². The van der Waals surface area contributed by atoms with Gasteiger partial charge in [-0.2, -0.15) is 4.99 Å². The molecule has 2 aromatic carbocycles. The second-order valence-electron chi connectivity index (χ2n) is 9.43. The van der Waals surface area contributed by atoms with Crippen molar-refractivity contribution < 1.29 is 14.7 Å². The van der Waals surface area contributed by atoms with Crippen molar-refractivity contribution >= 4 is 23.7 Å². The Labute approximate surface area is 215 Å². The first-order valence-corrected chi connectivity index (χ1v) is 12.0. The first kappa shape index (κ1) is 30.4. The van der Waals surface area contributed by atoms with Crippen LogP contribution in [0.25, 0.3) is 0 Å². The van der Waals surface area contributed by atoms with Crippen molar-refractivity contribution in [3.8, 4) is 0 Å². The van der Waals surface area contributed by atoms with Crippen LogP contribution in [-0.4, -0.2) is 78.9 Å². The molecule has 1 unspecified atom stereocenters. The predicted molar refractivity (Wildman–Crippen MR) is 148 cm³/mol. The number of carboxylic acid groups (broad SMARTS) is 1. The Morgan fingerprint density at radius 3 is 1.86 bits per heavy atom. The number of hydrogen-bond acceptors (Lipinski definition) is 3. The lowest BCUT2D eigenvalue weighted by Gasteiger charge is -2.23. The van der Waals surface area contributed by atoms with Crippen LogP contribution in [0.15, 0.2) is 64.6 Å². The third-order valence-corrected chi connectivity index (χ3v) is 4.86. The Kier molecular flexibility index (Phi) is 12.4. The number of rotatable bonds is 6. The molecule has 0 aliphatic heterocycles. The molecular weight excluding hydrogens is 454 g/mol. The van der Waals surface area contributed by atoms with E-state index in [0.29, 0.717) is 28.7 Å². The molecule has 36 heavy (non-hydrogen) atoms. The van der Waals surface area contributed by atoms with E-state index in [1.807, 2.05) is 57.9 Å². The van der Waals surface area contributed by atoms with Crippen LogP contribution in [-0.2, 0) is 4.79 Å². The Bertz CT molecular complexity index is 1030. The number of carbonyl (C=O) groups is 2. The number of benzene rings is 2. The third-order valence-electron chi connectivity index (χ3n) is 4.86. The fourth-order valence-corrected chi connectivity index (χ4v) is 3.14. The molecular formula is C28H41N5O3. The van der Waals surface area contributed by atoms with Crippen LogP contribution in [0.2, 0.25) is 0 Å². The van der Waals surface area contributed by atoms with Gasteiger partial charge in [0.05, 0.1) is 5.92 Å². The summed E-state index contributed by atoms with van der Waals surface area (Å²) in [5.74, 6) is -0.0576. The first-order chi connectivity index (χ1) is 16.8. The average molecular weight is 496 g/mol. The topological polar surface area (TPSA) is 97.6 Å². The Morgan fingerprint density at radius 1 is 0.833 bits per heavy atom. The van der Waals surface area contributed by atoms with Crippen LogP contribution in [0.3, 0.4) is 0 Å². The first-order valence-electron chi connectivity index (χ1n) is 12.0. The monoisotopic (exact) mass is 495 g/mol. The highest BCUT2D eigenvalue weighted by molar-refractivity contribution is 6.09. The largest absolute Gasteiger partial charge is 0.481 e. The van der Waals surface area contributed by atoms with Gasteiger partial charge in [-0.1, -0.05) is 48.5 Å². The van der Waals surface area contributed by atoms with Crippen molar-refractivity contribution in [1.82, 2.24) is 15.1 Å². The fraction of sp³-hybridized carbons (Fsp3) is 0.429. The van der Waals surface area contributed by atoms with Crippen molar-refractivity contribution in [2.75, 3.05) is 28.2 Å². The molecule has 0 aromatic heterocycles. The number of hydrogen-bond donors (Lipinski definition) is 2. The lowest BCUT2D eigenvalue weighted by atomic mass is 9.96. The summed E-state index contributed by atoms with van der Waals surface area (Å²) in [5, 5.41) is 12.3. The van der Waals surface area contributed by atoms with Crippen LogP contribution in [0.4, 0.5) is 0 Å². The summed E-state index contributed by atoms with van der Waals surface area (Å²) in [7, 11) is 7.89. The van der Waals surface area contributed by atoms with Gasteiger partial charge in [-0.3, -0.25) is 9.59 Å². The van der Waals surface area contributed by atoms with E-state index in [9.17, 15) is 9.59 Å². The molecule has 2 aromatic rings. The molecule has 196 valence electrons. The van der Waals surface area contributed by atoms with Gasteiger partial charge in [0.1, 0.15) is 0 Å². The van der Waals surface area contributed by atoms with Crippen molar-refractivity contribution in [2.45, 2.75) is 52.6 Å². The Hall–Kier alpha value is -3.68. The normalized spacial score (nSPS) is 11.8. The average Bonchev–Trinajstić information content (AvgIpc) is 2.81. The van der Waals surface area contributed by atoms with E-state index in [-0.39, 0.29) is 11.8 Å². The zero-order valence-electron chi connectivity index (χ0n) is 23.0. The van der Waals surface area contributed by atoms with Gasteiger partial charge in [-0.05, 0) is 46.2 Å². The second kappa shape index (κ2) is 14.7. The maximum absolute atomic E-state index is 12.2. The summed E-state index contributed by atoms with van der Waals surface area (Å²) in [4.78, 5) is 36.2. The minimum absolute atomic E-state index is 0.0972. The summed E-state index contributed by atoms with van der Waals surface area (Å²) in [5.41, 5.74) is 1.74.